The summed E-state index contributed by atoms with van der Waals surface area (Å²) in [6.07, 6.45) is 2.04. The molecule has 0 unspecified atom stereocenters. The highest BCUT2D eigenvalue weighted by Gasteiger charge is 2.33. The van der Waals surface area contributed by atoms with E-state index < -0.39 is 28.5 Å². The van der Waals surface area contributed by atoms with Gasteiger partial charge in [0.2, 0.25) is 28.6 Å². The Bertz CT molecular complexity index is 1480. The van der Waals surface area contributed by atoms with Gasteiger partial charge in [-0.05, 0) is 43.5 Å². The second-order valence-corrected chi connectivity index (χ2v) is 12.2. The molecule has 41 heavy (non-hydrogen) atoms. The number of amides is 2. The van der Waals surface area contributed by atoms with E-state index >= 15 is 0 Å². The van der Waals surface area contributed by atoms with Crippen molar-refractivity contribution in [1.82, 2.24) is 10.2 Å². The third kappa shape index (κ3) is 7.79. The van der Waals surface area contributed by atoms with Crippen LogP contribution in [0.5, 0.6) is 11.5 Å². The van der Waals surface area contributed by atoms with Crippen LogP contribution in [-0.4, -0.2) is 56.8 Å². The molecule has 9 nitrogen and oxygen atoms in total. The van der Waals surface area contributed by atoms with Crippen LogP contribution in [0.3, 0.4) is 0 Å². The van der Waals surface area contributed by atoms with Crippen LogP contribution in [0.4, 0.5) is 5.69 Å². The average molecular weight is 580 g/mol. The summed E-state index contributed by atoms with van der Waals surface area (Å²) in [6.45, 7) is 5.51. The summed E-state index contributed by atoms with van der Waals surface area (Å²) in [5, 5.41) is 3.03. The molecular weight excluding hydrogens is 542 g/mol. The minimum Gasteiger partial charge on any atom is -0.454 e. The van der Waals surface area contributed by atoms with Gasteiger partial charge in [0.05, 0.1) is 11.9 Å². The number of hydrogen-bond donors (Lipinski definition) is 1. The monoisotopic (exact) mass is 579 g/mol. The van der Waals surface area contributed by atoms with E-state index in [1.54, 1.807) is 18.2 Å². The summed E-state index contributed by atoms with van der Waals surface area (Å²) in [5.41, 5.74) is 3.00. The van der Waals surface area contributed by atoms with Gasteiger partial charge in [-0.2, -0.15) is 0 Å². The normalized spacial score (nSPS) is 13.8. The second kappa shape index (κ2) is 13.1. The lowest BCUT2D eigenvalue weighted by atomic mass is 10.0. The predicted molar refractivity (Wildman–Crippen MR) is 158 cm³/mol. The Morgan fingerprint density at radius 1 is 0.951 bits per heavy atom. The molecule has 1 heterocycles. The maximum atomic E-state index is 14.2. The van der Waals surface area contributed by atoms with Crippen molar-refractivity contribution in [3.63, 3.8) is 0 Å². The Labute approximate surface area is 242 Å². The molecular formula is C31H37N3O6S. The van der Waals surface area contributed by atoms with Crippen molar-refractivity contribution < 1.29 is 27.5 Å². The van der Waals surface area contributed by atoms with Crippen LogP contribution in [0.15, 0.2) is 72.8 Å². The lowest BCUT2D eigenvalue weighted by molar-refractivity contribution is -0.140. The number of anilines is 1. The van der Waals surface area contributed by atoms with E-state index in [9.17, 15) is 18.0 Å². The summed E-state index contributed by atoms with van der Waals surface area (Å²) >= 11 is 0. The highest BCUT2D eigenvalue weighted by molar-refractivity contribution is 7.92. The topological polar surface area (TPSA) is 105 Å². The van der Waals surface area contributed by atoms with Crippen molar-refractivity contribution in [2.45, 2.75) is 52.2 Å². The number of aryl methyl sites for hydroxylation is 1. The molecule has 3 aromatic carbocycles. The lowest BCUT2D eigenvalue weighted by Gasteiger charge is -2.34. The summed E-state index contributed by atoms with van der Waals surface area (Å²) in [5.74, 6) is 0.0994. The van der Waals surface area contributed by atoms with Crippen LogP contribution in [-0.2, 0) is 32.6 Å². The third-order valence-electron chi connectivity index (χ3n) is 7.03. The van der Waals surface area contributed by atoms with Crippen molar-refractivity contribution in [3.8, 4) is 11.5 Å². The molecule has 1 aliphatic rings. The minimum absolute atomic E-state index is 0.0350. The molecule has 1 aliphatic heterocycles. The van der Waals surface area contributed by atoms with Gasteiger partial charge < -0.3 is 19.7 Å². The number of ether oxygens (including phenoxy) is 2. The van der Waals surface area contributed by atoms with Crippen LogP contribution in [0.2, 0.25) is 0 Å². The number of nitrogens with zero attached hydrogens (tertiary/aromatic N) is 2. The van der Waals surface area contributed by atoms with Crippen LogP contribution in [0.1, 0.15) is 37.0 Å². The maximum Gasteiger partial charge on any atom is 0.244 e. The fourth-order valence-corrected chi connectivity index (χ4v) is 5.50. The number of nitrogens with one attached hydrogen (secondary N) is 1. The van der Waals surface area contributed by atoms with Gasteiger partial charge in [-0.15, -0.1) is 0 Å². The molecule has 3 aromatic rings. The van der Waals surface area contributed by atoms with Crippen LogP contribution >= 0.6 is 0 Å². The molecule has 0 aliphatic carbocycles. The lowest BCUT2D eigenvalue weighted by Crippen LogP contribution is -2.54. The summed E-state index contributed by atoms with van der Waals surface area (Å²) in [4.78, 5) is 29.4. The molecule has 4 rings (SSSR count). The Morgan fingerprint density at radius 2 is 1.66 bits per heavy atom. The first kappa shape index (κ1) is 29.9. The number of benzene rings is 3. The Morgan fingerprint density at radius 3 is 2.34 bits per heavy atom. The number of hydrogen-bond acceptors (Lipinski definition) is 6. The predicted octanol–water partition coefficient (Wildman–Crippen LogP) is 4.04. The Hall–Kier alpha value is -4.05. The van der Waals surface area contributed by atoms with E-state index in [-0.39, 0.29) is 37.4 Å². The first-order valence-electron chi connectivity index (χ1n) is 13.6. The molecule has 0 aromatic heterocycles. The molecule has 2 amide bonds. The number of carbonyl (C=O) groups excluding carboxylic acids is 2. The van der Waals surface area contributed by atoms with E-state index in [0.717, 1.165) is 33.7 Å². The highest BCUT2D eigenvalue weighted by Crippen LogP contribution is 2.36. The number of fused-ring (bicyclic) bond motifs is 1. The number of sulfonamides is 1. The summed E-state index contributed by atoms with van der Waals surface area (Å²) in [6, 6.07) is 20.9. The zero-order valence-electron chi connectivity index (χ0n) is 23.9. The van der Waals surface area contributed by atoms with Crippen molar-refractivity contribution in [2.24, 2.45) is 0 Å². The van der Waals surface area contributed by atoms with Gasteiger partial charge in [0.1, 0.15) is 12.6 Å². The largest absolute Gasteiger partial charge is 0.454 e. The number of carbonyl (C=O) groups is 2. The van der Waals surface area contributed by atoms with Crippen molar-refractivity contribution in [1.29, 1.82) is 0 Å². The summed E-state index contributed by atoms with van der Waals surface area (Å²) < 4.78 is 37.8. The van der Waals surface area contributed by atoms with Gasteiger partial charge in [0.25, 0.3) is 0 Å². The highest BCUT2D eigenvalue weighted by atomic mass is 32.2. The molecule has 0 bridgehead atoms. The molecule has 0 saturated carbocycles. The molecule has 0 fully saturated rings. The zero-order valence-corrected chi connectivity index (χ0v) is 24.7. The van der Waals surface area contributed by atoms with E-state index in [4.69, 9.17) is 9.47 Å². The van der Waals surface area contributed by atoms with E-state index in [0.29, 0.717) is 11.5 Å². The van der Waals surface area contributed by atoms with Gasteiger partial charge >= 0.3 is 0 Å². The molecule has 1 N–H and O–H groups in total. The third-order valence-corrected chi connectivity index (χ3v) is 8.17. The van der Waals surface area contributed by atoms with Gasteiger partial charge in [0, 0.05) is 25.1 Å². The maximum absolute atomic E-state index is 14.2. The van der Waals surface area contributed by atoms with Crippen molar-refractivity contribution in [2.75, 3.05) is 23.9 Å². The van der Waals surface area contributed by atoms with E-state index in [1.807, 2.05) is 75.4 Å². The van der Waals surface area contributed by atoms with Gasteiger partial charge in [-0.1, -0.05) is 67.1 Å². The van der Waals surface area contributed by atoms with Gasteiger partial charge in [0.15, 0.2) is 11.5 Å². The molecule has 10 heteroatoms. The minimum atomic E-state index is -3.88. The average Bonchev–Trinajstić information content (AvgIpc) is 3.41. The Balaban J connectivity index is 1.73. The Kier molecular flexibility index (Phi) is 9.54. The second-order valence-electron chi connectivity index (χ2n) is 10.3. The van der Waals surface area contributed by atoms with Crippen LogP contribution in [0, 0.1) is 6.92 Å². The summed E-state index contributed by atoms with van der Waals surface area (Å²) in [7, 11) is -3.88. The standard InChI is InChI=1S/C31H37N3O6S/c1-5-23(3)32-31(36)27(17-24-11-7-6-8-12-24)33(19-25-13-9-10-22(2)16-25)30(35)20-34(41(4,37)38)26-14-15-28-29(18-26)40-21-39-28/h6-16,18,23,27H,5,17,19-21H2,1-4H3,(H,32,36)/t23-,27-/m1/s1. The van der Waals surface area contributed by atoms with E-state index in [1.165, 1.54) is 4.90 Å². The SMILES string of the molecule is CC[C@@H](C)NC(=O)[C@@H](Cc1ccccc1)N(Cc1cccc(C)c1)C(=O)CN(c1ccc2c(c1)OCO2)S(C)(=O)=O. The molecule has 0 saturated heterocycles. The molecule has 218 valence electrons. The van der Waals surface area contributed by atoms with Crippen LogP contribution < -0.4 is 19.1 Å². The van der Waals surface area contributed by atoms with Crippen molar-refractivity contribution >= 4 is 27.5 Å². The van der Waals surface area contributed by atoms with Gasteiger partial charge in [-0.3, -0.25) is 13.9 Å². The quantitative estimate of drug-likeness (QED) is 0.347. The number of rotatable bonds is 12. The smallest absolute Gasteiger partial charge is 0.244 e. The van der Waals surface area contributed by atoms with E-state index in [2.05, 4.69) is 5.32 Å². The molecule has 0 spiro atoms. The zero-order chi connectivity index (χ0) is 29.6. The first-order chi connectivity index (χ1) is 19.5. The van der Waals surface area contributed by atoms with Crippen molar-refractivity contribution in [3.05, 3.63) is 89.5 Å². The van der Waals surface area contributed by atoms with Gasteiger partial charge in [-0.25, -0.2) is 8.42 Å². The fraction of sp³-hybridized carbons (Fsp3) is 0.355. The molecule has 2 atom stereocenters. The fourth-order valence-electron chi connectivity index (χ4n) is 4.66. The van der Waals surface area contributed by atoms with Crippen LogP contribution in [0.25, 0.3) is 0 Å². The first-order valence-corrected chi connectivity index (χ1v) is 15.5. The molecule has 0 radical (unpaired) electrons.